The van der Waals surface area contributed by atoms with Crippen LogP contribution in [0.3, 0.4) is 0 Å². The van der Waals surface area contributed by atoms with Gasteiger partial charge in [0.2, 0.25) is 0 Å². The summed E-state index contributed by atoms with van der Waals surface area (Å²) in [6, 6.07) is 6.88. The Morgan fingerprint density at radius 3 is 2.33 bits per heavy atom. The molecule has 0 atom stereocenters. The molecular weight excluding hydrogens is 216 g/mol. The molecule has 4 nitrogen and oxygen atoms in total. The van der Waals surface area contributed by atoms with Gasteiger partial charge in [-0.2, -0.15) is 0 Å². The lowest BCUT2D eigenvalue weighted by Gasteiger charge is -2.22. The quantitative estimate of drug-likeness (QED) is 0.453. The number of hydrogen-bond donors (Lipinski definition) is 1. The molecule has 1 aliphatic heterocycles. The first-order valence-corrected chi connectivity index (χ1v) is 4.80. The van der Waals surface area contributed by atoms with Gasteiger partial charge in [-0.1, -0.05) is 12.1 Å². The van der Waals surface area contributed by atoms with Gasteiger partial charge in [0, 0.05) is 12.1 Å². The first-order chi connectivity index (χ1) is 6.75. The Hall–Kier alpha value is -1.13. The van der Waals surface area contributed by atoms with Crippen LogP contribution < -0.4 is 17.7 Å². The second kappa shape index (κ2) is 5.09. The van der Waals surface area contributed by atoms with Crippen molar-refractivity contribution in [1.82, 2.24) is 0 Å². The van der Waals surface area contributed by atoms with Crippen molar-refractivity contribution < 1.29 is 22.6 Å². The normalized spacial score (nSPS) is 15.2. The molecule has 0 amide bonds. The SMILES string of the molecule is O=[N+]([O-])c1ccc(CC2C[NH2+]C2)cc1.[Cl-]. The predicted molar refractivity (Wildman–Crippen MR) is 51.9 cm³/mol. The number of nitro groups is 1. The van der Waals surface area contributed by atoms with Gasteiger partial charge >= 0.3 is 0 Å². The van der Waals surface area contributed by atoms with Crippen LogP contribution in [-0.2, 0) is 6.42 Å². The molecule has 0 saturated carbocycles. The number of nitrogens with zero attached hydrogens (tertiary/aromatic N) is 1. The Bertz CT molecular complexity index is 336. The summed E-state index contributed by atoms with van der Waals surface area (Å²) in [6.45, 7) is 2.38. The molecule has 0 radical (unpaired) electrons. The molecule has 1 heterocycles. The number of hydrogen-bond acceptors (Lipinski definition) is 2. The smallest absolute Gasteiger partial charge is 0.269 e. The van der Waals surface area contributed by atoms with E-state index in [1.54, 1.807) is 12.1 Å². The van der Waals surface area contributed by atoms with E-state index in [0.29, 0.717) is 0 Å². The van der Waals surface area contributed by atoms with E-state index >= 15 is 0 Å². The standard InChI is InChI=1S/C10H12N2O2.ClH/c13-12(14)10-3-1-8(2-4-10)5-9-6-11-7-9;/h1-4,9,11H,5-7H2;1H. The summed E-state index contributed by atoms with van der Waals surface area (Å²) < 4.78 is 0. The molecule has 1 aromatic carbocycles. The fourth-order valence-corrected chi connectivity index (χ4v) is 1.66. The molecule has 1 aromatic rings. The van der Waals surface area contributed by atoms with Gasteiger partial charge in [0.25, 0.3) is 5.69 Å². The highest BCUT2D eigenvalue weighted by atomic mass is 35.5. The highest BCUT2D eigenvalue weighted by molar-refractivity contribution is 5.33. The van der Waals surface area contributed by atoms with Crippen molar-refractivity contribution in [3.63, 3.8) is 0 Å². The van der Waals surface area contributed by atoms with Crippen molar-refractivity contribution in [2.75, 3.05) is 13.1 Å². The Morgan fingerprint density at radius 2 is 1.93 bits per heavy atom. The highest BCUT2D eigenvalue weighted by Gasteiger charge is 2.21. The van der Waals surface area contributed by atoms with E-state index in [0.717, 1.165) is 12.3 Å². The molecule has 15 heavy (non-hydrogen) atoms. The average molecular weight is 229 g/mol. The largest absolute Gasteiger partial charge is 1.00 e. The number of nitro benzene ring substituents is 1. The second-order valence-corrected chi connectivity index (χ2v) is 3.75. The lowest BCUT2D eigenvalue weighted by Crippen LogP contribution is -3.00. The van der Waals surface area contributed by atoms with E-state index < -0.39 is 0 Å². The van der Waals surface area contributed by atoms with Crippen LogP contribution in [0.2, 0.25) is 0 Å². The Kier molecular flexibility index (Phi) is 4.05. The monoisotopic (exact) mass is 228 g/mol. The molecule has 5 heteroatoms. The van der Waals surface area contributed by atoms with E-state index in [1.807, 2.05) is 12.1 Å². The zero-order valence-corrected chi connectivity index (χ0v) is 8.98. The van der Waals surface area contributed by atoms with Crippen molar-refractivity contribution in [2.45, 2.75) is 6.42 Å². The van der Waals surface area contributed by atoms with Gasteiger partial charge < -0.3 is 17.7 Å². The van der Waals surface area contributed by atoms with Crippen LogP contribution in [0.5, 0.6) is 0 Å². The minimum atomic E-state index is -0.360. The predicted octanol–water partition coefficient (Wildman–Crippen LogP) is -2.67. The topological polar surface area (TPSA) is 59.8 Å². The maximum Gasteiger partial charge on any atom is 0.269 e. The maximum atomic E-state index is 10.4. The second-order valence-electron chi connectivity index (χ2n) is 3.75. The first kappa shape index (κ1) is 11.9. The Labute approximate surface area is 94.2 Å². The van der Waals surface area contributed by atoms with Gasteiger partial charge in [0.05, 0.1) is 23.9 Å². The molecule has 82 valence electrons. The number of non-ortho nitro benzene ring substituents is 1. The molecule has 2 rings (SSSR count). The lowest BCUT2D eigenvalue weighted by molar-refractivity contribution is -0.722. The summed E-state index contributed by atoms with van der Waals surface area (Å²) in [5.74, 6) is 0.761. The molecule has 0 unspecified atom stereocenters. The van der Waals surface area contributed by atoms with Crippen molar-refractivity contribution in [3.05, 3.63) is 39.9 Å². The van der Waals surface area contributed by atoms with Gasteiger partial charge in [-0.25, -0.2) is 0 Å². The number of benzene rings is 1. The molecule has 0 spiro atoms. The van der Waals surface area contributed by atoms with Crippen LogP contribution in [0, 0.1) is 16.0 Å². The number of nitrogens with two attached hydrogens (primary N) is 1. The molecule has 1 fully saturated rings. The Balaban J connectivity index is 0.00000112. The molecule has 0 aromatic heterocycles. The zero-order chi connectivity index (χ0) is 9.97. The first-order valence-electron chi connectivity index (χ1n) is 4.80. The summed E-state index contributed by atoms with van der Waals surface area (Å²) in [5.41, 5.74) is 1.38. The third kappa shape index (κ3) is 2.91. The van der Waals surface area contributed by atoms with Crippen LogP contribution in [0.1, 0.15) is 5.56 Å². The molecule has 0 bridgehead atoms. The van der Waals surface area contributed by atoms with Crippen molar-refractivity contribution in [3.8, 4) is 0 Å². The van der Waals surface area contributed by atoms with Gasteiger partial charge in [0.15, 0.2) is 0 Å². The number of rotatable bonds is 3. The van der Waals surface area contributed by atoms with E-state index in [9.17, 15) is 10.1 Å². The summed E-state index contributed by atoms with van der Waals surface area (Å²) in [5, 5.41) is 12.7. The van der Waals surface area contributed by atoms with Crippen molar-refractivity contribution in [2.24, 2.45) is 5.92 Å². The Morgan fingerprint density at radius 1 is 1.33 bits per heavy atom. The van der Waals surface area contributed by atoms with Crippen LogP contribution >= 0.6 is 0 Å². The van der Waals surface area contributed by atoms with Crippen molar-refractivity contribution >= 4 is 5.69 Å². The van der Waals surface area contributed by atoms with Gasteiger partial charge in [-0.05, 0) is 12.0 Å². The summed E-state index contributed by atoms with van der Waals surface area (Å²) in [7, 11) is 0. The third-order valence-electron chi connectivity index (χ3n) is 2.67. The van der Waals surface area contributed by atoms with Crippen LogP contribution in [0.25, 0.3) is 0 Å². The zero-order valence-electron chi connectivity index (χ0n) is 8.23. The maximum absolute atomic E-state index is 10.4. The van der Waals surface area contributed by atoms with E-state index in [4.69, 9.17) is 0 Å². The fourth-order valence-electron chi connectivity index (χ4n) is 1.66. The fraction of sp³-hybridized carbons (Fsp3) is 0.400. The van der Waals surface area contributed by atoms with Crippen LogP contribution in [0.4, 0.5) is 5.69 Å². The van der Waals surface area contributed by atoms with Crippen LogP contribution in [-0.4, -0.2) is 18.0 Å². The highest BCUT2D eigenvalue weighted by Crippen LogP contribution is 2.14. The van der Waals surface area contributed by atoms with Gasteiger partial charge in [0.1, 0.15) is 0 Å². The van der Waals surface area contributed by atoms with E-state index in [1.165, 1.54) is 18.7 Å². The lowest BCUT2D eigenvalue weighted by atomic mass is 9.94. The summed E-state index contributed by atoms with van der Waals surface area (Å²) >= 11 is 0. The number of quaternary nitrogens is 1. The molecule has 0 aliphatic carbocycles. The molecular formula is C10H13ClN2O2. The summed E-state index contributed by atoms with van der Waals surface area (Å²) in [6.07, 6.45) is 1.05. The van der Waals surface area contributed by atoms with Crippen molar-refractivity contribution in [1.29, 1.82) is 0 Å². The number of halogens is 1. The third-order valence-corrected chi connectivity index (χ3v) is 2.67. The van der Waals surface area contributed by atoms with E-state index in [2.05, 4.69) is 5.32 Å². The van der Waals surface area contributed by atoms with E-state index in [-0.39, 0.29) is 23.0 Å². The van der Waals surface area contributed by atoms with Gasteiger partial charge in [-0.15, -0.1) is 0 Å². The minimum Gasteiger partial charge on any atom is -1.00 e. The molecule has 1 aliphatic rings. The minimum absolute atomic E-state index is 0. The average Bonchev–Trinajstić information content (AvgIpc) is 2.12. The molecule has 2 N–H and O–H groups in total. The van der Waals surface area contributed by atoms with Gasteiger partial charge in [-0.3, -0.25) is 10.1 Å². The summed E-state index contributed by atoms with van der Waals surface area (Å²) in [4.78, 5) is 10.0. The molecule has 1 saturated heterocycles. The van der Waals surface area contributed by atoms with Crippen LogP contribution in [0.15, 0.2) is 24.3 Å².